The van der Waals surface area contributed by atoms with Crippen LogP contribution in [0.15, 0.2) is 0 Å². The Labute approximate surface area is 105 Å². The average Bonchev–Trinajstić information content (AvgIpc) is 2.27. The van der Waals surface area contributed by atoms with E-state index < -0.39 is 29.9 Å². The maximum Gasteiger partial charge on any atom is 0.323 e. The van der Waals surface area contributed by atoms with Crippen molar-refractivity contribution in [1.82, 2.24) is 0 Å². The van der Waals surface area contributed by atoms with Crippen LogP contribution in [0.5, 0.6) is 0 Å². The summed E-state index contributed by atoms with van der Waals surface area (Å²) in [6.07, 6.45) is -0.256. The van der Waals surface area contributed by atoms with Crippen molar-refractivity contribution in [3.8, 4) is 0 Å². The van der Waals surface area contributed by atoms with Gasteiger partial charge in [0.2, 0.25) is 0 Å². The SMILES string of the molecule is CCOC(=O)CCOC(=O)[C@@H](N)C(C)CC(=O)O. The maximum absolute atomic E-state index is 11.4. The average molecular weight is 261 g/mol. The van der Waals surface area contributed by atoms with E-state index >= 15 is 0 Å². The molecular weight excluding hydrogens is 242 g/mol. The molecule has 0 aliphatic heterocycles. The van der Waals surface area contributed by atoms with Gasteiger partial charge in [0.25, 0.3) is 0 Å². The van der Waals surface area contributed by atoms with Gasteiger partial charge in [0.1, 0.15) is 12.6 Å². The number of hydrogen-bond acceptors (Lipinski definition) is 6. The van der Waals surface area contributed by atoms with Crippen LogP contribution in [0.25, 0.3) is 0 Å². The number of carbonyl (C=O) groups is 3. The minimum atomic E-state index is -1.03. The van der Waals surface area contributed by atoms with E-state index in [-0.39, 0.29) is 26.1 Å². The smallest absolute Gasteiger partial charge is 0.323 e. The summed E-state index contributed by atoms with van der Waals surface area (Å²) in [6.45, 7) is 3.37. The Bertz CT molecular complexity index is 304. The molecule has 0 bridgehead atoms. The molecule has 0 aliphatic carbocycles. The van der Waals surface area contributed by atoms with Crippen LogP contribution in [-0.2, 0) is 23.9 Å². The number of carboxylic acids is 1. The summed E-state index contributed by atoms with van der Waals surface area (Å²) in [5.74, 6) is -2.74. The fraction of sp³-hybridized carbons (Fsp3) is 0.727. The van der Waals surface area contributed by atoms with Crippen molar-refractivity contribution in [2.24, 2.45) is 11.7 Å². The van der Waals surface area contributed by atoms with Crippen molar-refractivity contribution in [2.45, 2.75) is 32.7 Å². The Morgan fingerprint density at radius 3 is 2.39 bits per heavy atom. The van der Waals surface area contributed by atoms with E-state index in [2.05, 4.69) is 4.74 Å². The quantitative estimate of drug-likeness (QED) is 0.587. The molecule has 0 radical (unpaired) electrons. The van der Waals surface area contributed by atoms with Crippen LogP contribution in [0, 0.1) is 5.92 Å². The molecule has 0 spiro atoms. The maximum atomic E-state index is 11.4. The van der Waals surface area contributed by atoms with Crippen LogP contribution in [0.2, 0.25) is 0 Å². The molecule has 0 saturated carbocycles. The summed E-state index contributed by atoms with van der Waals surface area (Å²) in [7, 11) is 0. The van der Waals surface area contributed by atoms with Crippen LogP contribution in [0.3, 0.4) is 0 Å². The Kier molecular flexibility index (Phi) is 7.69. The van der Waals surface area contributed by atoms with E-state index in [0.29, 0.717) is 0 Å². The number of esters is 2. The van der Waals surface area contributed by atoms with Crippen molar-refractivity contribution in [2.75, 3.05) is 13.2 Å². The molecule has 104 valence electrons. The lowest BCUT2D eigenvalue weighted by Gasteiger charge is -2.16. The van der Waals surface area contributed by atoms with Crippen molar-refractivity contribution >= 4 is 17.9 Å². The first kappa shape index (κ1) is 16.4. The molecule has 0 aromatic heterocycles. The van der Waals surface area contributed by atoms with Gasteiger partial charge < -0.3 is 20.3 Å². The molecule has 7 nitrogen and oxygen atoms in total. The molecule has 0 aliphatic rings. The van der Waals surface area contributed by atoms with Crippen molar-refractivity contribution < 1.29 is 29.0 Å². The highest BCUT2D eigenvalue weighted by Crippen LogP contribution is 2.08. The molecule has 1 unspecified atom stereocenters. The Morgan fingerprint density at radius 2 is 1.89 bits per heavy atom. The van der Waals surface area contributed by atoms with Gasteiger partial charge in [-0.25, -0.2) is 0 Å². The fourth-order valence-corrected chi connectivity index (χ4v) is 1.20. The van der Waals surface area contributed by atoms with Gasteiger partial charge in [-0.2, -0.15) is 0 Å². The number of rotatable bonds is 8. The van der Waals surface area contributed by atoms with Crippen molar-refractivity contribution in [1.29, 1.82) is 0 Å². The highest BCUT2D eigenvalue weighted by Gasteiger charge is 2.24. The third kappa shape index (κ3) is 6.85. The number of carbonyl (C=O) groups excluding carboxylic acids is 2. The van der Waals surface area contributed by atoms with Gasteiger partial charge in [-0.05, 0) is 12.8 Å². The largest absolute Gasteiger partial charge is 0.481 e. The van der Waals surface area contributed by atoms with E-state index in [1.54, 1.807) is 13.8 Å². The van der Waals surface area contributed by atoms with E-state index in [0.717, 1.165) is 0 Å². The summed E-state index contributed by atoms with van der Waals surface area (Å²) in [5.41, 5.74) is 5.53. The normalized spacial score (nSPS) is 13.5. The molecule has 0 aromatic carbocycles. The molecule has 0 amide bonds. The predicted octanol–water partition coefficient (Wildman–Crippen LogP) is -0.0791. The number of ether oxygens (including phenoxy) is 2. The second-order valence-corrected chi connectivity index (χ2v) is 3.82. The first-order chi connectivity index (χ1) is 8.38. The van der Waals surface area contributed by atoms with Gasteiger partial charge in [0.05, 0.1) is 13.0 Å². The molecule has 2 atom stereocenters. The summed E-state index contributed by atoms with van der Waals surface area (Å²) >= 11 is 0. The van der Waals surface area contributed by atoms with Gasteiger partial charge in [0.15, 0.2) is 0 Å². The zero-order valence-corrected chi connectivity index (χ0v) is 10.5. The lowest BCUT2D eigenvalue weighted by atomic mass is 9.99. The first-order valence-electron chi connectivity index (χ1n) is 5.68. The predicted molar refractivity (Wildman–Crippen MR) is 61.6 cm³/mol. The summed E-state index contributed by atoms with van der Waals surface area (Å²) in [6, 6.07) is -1.01. The van der Waals surface area contributed by atoms with Gasteiger partial charge in [-0.15, -0.1) is 0 Å². The van der Waals surface area contributed by atoms with E-state index in [4.69, 9.17) is 15.6 Å². The monoisotopic (exact) mass is 261 g/mol. The van der Waals surface area contributed by atoms with Gasteiger partial charge in [0, 0.05) is 6.42 Å². The fourth-order valence-electron chi connectivity index (χ4n) is 1.20. The highest BCUT2D eigenvalue weighted by atomic mass is 16.5. The standard InChI is InChI=1S/C11H19NO6/c1-3-17-9(15)4-5-18-11(16)10(12)7(2)6-8(13)14/h7,10H,3-6,12H2,1-2H3,(H,13,14)/t7?,10-/m0/s1. The molecule has 0 heterocycles. The number of hydrogen-bond donors (Lipinski definition) is 2. The third-order valence-electron chi connectivity index (χ3n) is 2.24. The molecule has 0 rings (SSSR count). The van der Waals surface area contributed by atoms with Crippen molar-refractivity contribution in [3.63, 3.8) is 0 Å². The highest BCUT2D eigenvalue weighted by molar-refractivity contribution is 5.77. The summed E-state index contributed by atoms with van der Waals surface area (Å²) in [5, 5.41) is 8.55. The van der Waals surface area contributed by atoms with Crippen LogP contribution < -0.4 is 5.73 Å². The Morgan fingerprint density at radius 1 is 1.28 bits per heavy atom. The minimum Gasteiger partial charge on any atom is -0.481 e. The van der Waals surface area contributed by atoms with Crippen LogP contribution in [-0.4, -0.2) is 42.3 Å². The molecule has 3 N–H and O–H groups in total. The lowest BCUT2D eigenvalue weighted by molar-refractivity contribution is -0.150. The van der Waals surface area contributed by atoms with E-state index in [9.17, 15) is 14.4 Å². The second kappa shape index (κ2) is 8.46. The van der Waals surface area contributed by atoms with Gasteiger partial charge in [-0.3, -0.25) is 14.4 Å². The Balaban J connectivity index is 3.94. The Hall–Kier alpha value is -1.63. The third-order valence-corrected chi connectivity index (χ3v) is 2.24. The molecule has 18 heavy (non-hydrogen) atoms. The summed E-state index contributed by atoms with van der Waals surface area (Å²) in [4.78, 5) is 32.8. The number of carboxylic acid groups (broad SMARTS) is 1. The minimum absolute atomic E-state index is 0.0421. The summed E-state index contributed by atoms with van der Waals surface area (Å²) < 4.78 is 9.41. The zero-order valence-electron chi connectivity index (χ0n) is 10.5. The van der Waals surface area contributed by atoms with Crippen LogP contribution in [0.1, 0.15) is 26.7 Å². The molecular formula is C11H19NO6. The van der Waals surface area contributed by atoms with Crippen LogP contribution in [0.4, 0.5) is 0 Å². The molecule has 7 heteroatoms. The van der Waals surface area contributed by atoms with E-state index in [1.807, 2.05) is 0 Å². The number of nitrogens with two attached hydrogens (primary N) is 1. The molecule has 0 fully saturated rings. The zero-order chi connectivity index (χ0) is 14.1. The van der Waals surface area contributed by atoms with Crippen molar-refractivity contribution in [3.05, 3.63) is 0 Å². The van der Waals surface area contributed by atoms with Gasteiger partial charge in [-0.1, -0.05) is 6.92 Å². The van der Waals surface area contributed by atoms with E-state index in [1.165, 1.54) is 0 Å². The molecule has 0 aromatic rings. The molecule has 0 saturated heterocycles. The van der Waals surface area contributed by atoms with Crippen LogP contribution >= 0.6 is 0 Å². The topological polar surface area (TPSA) is 116 Å². The lowest BCUT2D eigenvalue weighted by Crippen LogP contribution is -2.39. The first-order valence-corrected chi connectivity index (χ1v) is 5.68. The van der Waals surface area contributed by atoms with Gasteiger partial charge >= 0.3 is 17.9 Å². The second-order valence-electron chi connectivity index (χ2n) is 3.82. The number of aliphatic carboxylic acids is 1.